The Balaban J connectivity index is 1.73. The minimum absolute atomic E-state index is 0.0193. The summed E-state index contributed by atoms with van der Waals surface area (Å²) in [5.74, 6) is -0.835. The van der Waals surface area contributed by atoms with E-state index < -0.39 is 12.1 Å². The average Bonchev–Trinajstić information content (AvgIpc) is 2.52. The molecule has 120 valence electrons. The van der Waals surface area contributed by atoms with E-state index in [1.165, 1.54) is 0 Å². The van der Waals surface area contributed by atoms with Gasteiger partial charge in [0.05, 0.1) is 6.54 Å². The number of carboxylic acid groups (broad SMARTS) is 1. The fraction of sp³-hybridized carbons (Fsp3) is 0.500. The summed E-state index contributed by atoms with van der Waals surface area (Å²) in [6, 6.07) is 9.54. The van der Waals surface area contributed by atoms with E-state index in [0.717, 1.165) is 31.4 Å². The number of carbonyl (C=O) groups is 2. The standard InChI is InChI=1S/C16H22N2O4/c19-15(20)11-18-9-5-4-8-14(18)10-17-16(21)22-12-13-6-2-1-3-7-13/h1-3,6-7,14H,4-5,8-12H2,(H,17,21)(H,19,20). The molecule has 1 aromatic rings. The largest absolute Gasteiger partial charge is 0.480 e. The van der Waals surface area contributed by atoms with E-state index in [2.05, 4.69) is 5.32 Å². The van der Waals surface area contributed by atoms with Gasteiger partial charge in [-0.1, -0.05) is 36.8 Å². The van der Waals surface area contributed by atoms with E-state index >= 15 is 0 Å². The van der Waals surface area contributed by atoms with Gasteiger partial charge in [-0.2, -0.15) is 0 Å². The van der Waals surface area contributed by atoms with Crippen LogP contribution < -0.4 is 5.32 Å². The number of ether oxygens (including phenoxy) is 1. The van der Waals surface area contributed by atoms with E-state index in [1.54, 1.807) is 0 Å². The number of aliphatic carboxylic acids is 1. The molecule has 1 aromatic carbocycles. The summed E-state index contributed by atoms with van der Waals surface area (Å²) in [6.07, 6.45) is 2.49. The number of nitrogens with one attached hydrogen (secondary N) is 1. The van der Waals surface area contributed by atoms with Crippen molar-refractivity contribution in [2.75, 3.05) is 19.6 Å². The number of benzene rings is 1. The van der Waals surface area contributed by atoms with Gasteiger partial charge in [-0.3, -0.25) is 9.69 Å². The highest BCUT2D eigenvalue weighted by molar-refractivity contribution is 5.69. The summed E-state index contributed by atoms with van der Waals surface area (Å²) in [5.41, 5.74) is 0.933. The number of likely N-dealkylation sites (tertiary alicyclic amines) is 1. The summed E-state index contributed by atoms with van der Waals surface area (Å²) >= 11 is 0. The van der Waals surface area contributed by atoms with Gasteiger partial charge in [0.2, 0.25) is 0 Å². The molecular formula is C16H22N2O4. The number of piperidine rings is 1. The third kappa shape index (κ3) is 5.37. The summed E-state index contributed by atoms with van der Waals surface area (Å²) in [5, 5.41) is 11.6. The zero-order valence-corrected chi connectivity index (χ0v) is 12.5. The second-order valence-electron chi connectivity index (χ2n) is 5.46. The predicted molar refractivity (Wildman–Crippen MR) is 81.5 cm³/mol. The van der Waals surface area contributed by atoms with Crippen LogP contribution in [0.5, 0.6) is 0 Å². The highest BCUT2D eigenvalue weighted by Crippen LogP contribution is 2.16. The maximum absolute atomic E-state index is 11.7. The summed E-state index contributed by atoms with van der Waals surface area (Å²) in [4.78, 5) is 24.5. The van der Waals surface area contributed by atoms with Crippen LogP contribution in [-0.4, -0.2) is 47.7 Å². The molecule has 1 unspecified atom stereocenters. The Morgan fingerprint density at radius 1 is 1.27 bits per heavy atom. The first-order valence-corrected chi connectivity index (χ1v) is 7.55. The molecule has 1 saturated heterocycles. The first-order chi connectivity index (χ1) is 10.6. The SMILES string of the molecule is O=C(O)CN1CCCCC1CNC(=O)OCc1ccccc1. The minimum Gasteiger partial charge on any atom is -0.480 e. The molecule has 0 spiro atoms. The molecular weight excluding hydrogens is 284 g/mol. The normalized spacial score (nSPS) is 18.6. The van der Waals surface area contributed by atoms with E-state index in [9.17, 15) is 9.59 Å². The number of carbonyl (C=O) groups excluding carboxylic acids is 1. The lowest BCUT2D eigenvalue weighted by Gasteiger charge is -2.34. The second kappa shape index (κ2) is 8.38. The van der Waals surface area contributed by atoms with Gasteiger partial charge in [-0.15, -0.1) is 0 Å². The Morgan fingerprint density at radius 2 is 2.05 bits per heavy atom. The average molecular weight is 306 g/mol. The zero-order chi connectivity index (χ0) is 15.8. The van der Waals surface area contributed by atoms with Gasteiger partial charge < -0.3 is 15.2 Å². The van der Waals surface area contributed by atoms with Crippen LogP contribution in [0.2, 0.25) is 0 Å². The number of amides is 1. The van der Waals surface area contributed by atoms with Crippen LogP contribution in [-0.2, 0) is 16.1 Å². The maximum Gasteiger partial charge on any atom is 0.407 e. The molecule has 22 heavy (non-hydrogen) atoms. The summed E-state index contributed by atoms with van der Waals surface area (Å²) in [6.45, 7) is 1.43. The number of carboxylic acids is 1. The van der Waals surface area contributed by atoms with Gasteiger partial charge in [0.15, 0.2) is 0 Å². The molecule has 1 atom stereocenters. The second-order valence-corrected chi connectivity index (χ2v) is 5.46. The van der Waals surface area contributed by atoms with Gasteiger partial charge in [0.1, 0.15) is 6.61 Å². The Kier molecular flexibility index (Phi) is 6.21. The third-order valence-corrected chi connectivity index (χ3v) is 3.78. The van der Waals surface area contributed by atoms with Gasteiger partial charge >= 0.3 is 12.1 Å². The van der Waals surface area contributed by atoms with Crippen molar-refractivity contribution in [1.82, 2.24) is 10.2 Å². The van der Waals surface area contributed by atoms with Gasteiger partial charge in [0, 0.05) is 12.6 Å². The fourth-order valence-electron chi connectivity index (χ4n) is 2.65. The van der Waals surface area contributed by atoms with Crippen molar-refractivity contribution in [3.8, 4) is 0 Å². The molecule has 0 bridgehead atoms. The van der Waals surface area contributed by atoms with Crippen molar-refractivity contribution >= 4 is 12.1 Å². The molecule has 1 aliphatic heterocycles. The van der Waals surface area contributed by atoms with Crippen molar-refractivity contribution in [2.24, 2.45) is 0 Å². The van der Waals surface area contributed by atoms with Crippen LogP contribution in [0.1, 0.15) is 24.8 Å². The van der Waals surface area contributed by atoms with Gasteiger partial charge in [-0.25, -0.2) is 4.79 Å². The lowest BCUT2D eigenvalue weighted by molar-refractivity contribution is -0.139. The van der Waals surface area contributed by atoms with Gasteiger partial charge in [0.25, 0.3) is 0 Å². The third-order valence-electron chi connectivity index (χ3n) is 3.78. The van der Waals surface area contributed by atoms with E-state index in [1.807, 2.05) is 35.2 Å². The van der Waals surface area contributed by atoms with Crippen molar-refractivity contribution in [3.05, 3.63) is 35.9 Å². The first-order valence-electron chi connectivity index (χ1n) is 7.55. The Hall–Kier alpha value is -2.08. The number of hydrogen-bond acceptors (Lipinski definition) is 4. The number of hydrogen-bond donors (Lipinski definition) is 2. The number of alkyl carbamates (subject to hydrolysis) is 1. The molecule has 1 heterocycles. The molecule has 0 radical (unpaired) electrons. The Morgan fingerprint density at radius 3 is 2.77 bits per heavy atom. The Bertz CT molecular complexity index is 492. The summed E-state index contributed by atoms with van der Waals surface area (Å²) < 4.78 is 5.15. The highest BCUT2D eigenvalue weighted by atomic mass is 16.5. The molecule has 1 fully saturated rings. The van der Waals surface area contributed by atoms with Crippen LogP contribution in [0.3, 0.4) is 0 Å². The molecule has 0 aromatic heterocycles. The minimum atomic E-state index is -0.835. The van der Waals surface area contributed by atoms with Crippen molar-refractivity contribution in [1.29, 1.82) is 0 Å². The molecule has 2 rings (SSSR count). The van der Waals surface area contributed by atoms with Crippen LogP contribution >= 0.6 is 0 Å². The Labute approximate surface area is 130 Å². The number of nitrogens with zero attached hydrogens (tertiary/aromatic N) is 1. The number of rotatable bonds is 6. The highest BCUT2D eigenvalue weighted by Gasteiger charge is 2.24. The van der Waals surface area contributed by atoms with Gasteiger partial charge in [-0.05, 0) is 24.9 Å². The van der Waals surface area contributed by atoms with Crippen LogP contribution in [0.15, 0.2) is 30.3 Å². The lowest BCUT2D eigenvalue weighted by atomic mass is 10.0. The van der Waals surface area contributed by atoms with E-state index in [-0.39, 0.29) is 19.2 Å². The molecule has 1 amide bonds. The molecule has 2 N–H and O–H groups in total. The van der Waals surface area contributed by atoms with Crippen LogP contribution in [0.4, 0.5) is 4.79 Å². The van der Waals surface area contributed by atoms with Crippen LogP contribution in [0.25, 0.3) is 0 Å². The molecule has 1 aliphatic rings. The predicted octanol–water partition coefficient (Wildman–Crippen LogP) is 1.85. The monoisotopic (exact) mass is 306 g/mol. The summed E-state index contributed by atoms with van der Waals surface area (Å²) in [7, 11) is 0. The molecule has 6 nitrogen and oxygen atoms in total. The lowest BCUT2D eigenvalue weighted by Crippen LogP contribution is -2.48. The topological polar surface area (TPSA) is 78.9 Å². The molecule has 6 heteroatoms. The van der Waals surface area contributed by atoms with E-state index in [4.69, 9.17) is 9.84 Å². The van der Waals surface area contributed by atoms with Crippen molar-refractivity contribution in [2.45, 2.75) is 31.9 Å². The first kappa shape index (κ1) is 16.3. The van der Waals surface area contributed by atoms with Crippen molar-refractivity contribution in [3.63, 3.8) is 0 Å². The van der Waals surface area contributed by atoms with Crippen LogP contribution in [0, 0.1) is 0 Å². The van der Waals surface area contributed by atoms with Crippen molar-refractivity contribution < 1.29 is 19.4 Å². The quantitative estimate of drug-likeness (QED) is 0.838. The zero-order valence-electron chi connectivity index (χ0n) is 12.5. The molecule has 0 saturated carbocycles. The molecule has 0 aliphatic carbocycles. The van der Waals surface area contributed by atoms with E-state index in [0.29, 0.717) is 6.54 Å². The fourth-order valence-corrected chi connectivity index (χ4v) is 2.65. The maximum atomic E-state index is 11.7. The smallest absolute Gasteiger partial charge is 0.407 e.